The lowest BCUT2D eigenvalue weighted by Crippen LogP contribution is -2.46. The van der Waals surface area contributed by atoms with Crippen molar-refractivity contribution in [2.45, 2.75) is 71.8 Å². The number of carbonyl (C=O) groups is 1. The molecule has 0 radical (unpaired) electrons. The summed E-state index contributed by atoms with van der Waals surface area (Å²) in [6.07, 6.45) is 2.71. The smallest absolute Gasteiger partial charge is 0.407 e. The molecule has 0 bridgehead atoms. The zero-order valence-electron chi connectivity index (χ0n) is 16.8. The number of alkyl carbamates (subject to hydrolysis) is 1. The van der Waals surface area contributed by atoms with Crippen LogP contribution >= 0.6 is 0 Å². The van der Waals surface area contributed by atoms with E-state index in [0.717, 1.165) is 25.0 Å². The van der Waals surface area contributed by atoms with Crippen molar-refractivity contribution in [3.8, 4) is 5.75 Å². The summed E-state index contributed by atoms with van der Waals surface area (Å²) in [6, 6.07) is 6.40. The Morgan fingerprint density at radius 2 is 1.92 bits per heavy atom. The van der Waals surface area contributed by atoms with Crippen molar-refractivity contribution in [2.24, 2.45) is 5.41 Å². The molecule has 1 unspecified atom stereocenters. The molecule has 1 N–H and O–H groups in total. The fourth-order valence-electron chi connectivity index (χ4n) is 3.73. The Morgan fingerprint density at radius 1 is 1.24 bits per heavy atom. The Hall–Kier alpha value is -1.71. The Kier molecular flexibility index (Phi) is 5.41. The SMILES string of the molecule is COc1ccc2c(c1)CCC(C)(C)C2(C)CCNC(=O)OC(C)(C)C. The number of carbonyl (C=O) groups excluding carboxylic acids is 1. The van der Waals surface area contributed by atoms with Crippen molar-refractivity contribution in [2.75, 3.05) is 13.7 Å². The lowest BCUT2D eigenvalue weighted by Gasteiger charge is -2.49. The molecule has 1 amide bonds. The van der Waals surface area contributed by atoms with Crippen LogP contribution in [0.5, 0.6) is 5.75 Å². The quantitative estimate of drug-likeness (QED) is 0.848. The van der Waals surface area contributed by atoms with Gasteiger partial charge in [0.2, 0.25) is 0 Å². The highest BCUT2D eigenvalue weighted by atomic mass is 16.6. The number of nitrogens with one attached hydrogen (secondary N) is 1. The summed E-state index contributed by atoms with van der Waals surface area (Å²) < 4.78 is 10.7. The molecule has 0 fully saturated rings. The first-order valence-corrected chi connectivity index (χ1v) is 9.13. The second-order valence-electron chi connectivity index (χ2n) is 8.92. The zero-order valence-corrected chi connectivity index (χ0v) is 16.8. The summed E-state index contributed by atoms with van der Waals surface area (Å²) in [7, 11) is 1.71. The van der Waals surface area contributed by atoms with Gasteiger partial charge in [-0.25, -0.2) is 4.79 Å². The largest absolute Gasteiger partial charge is 0.497 e. The van der Waals surface area contributed by atoms with Gasteiger partial charge < -0.3 is 14.8 Å². The van der Waals surface area contributed by atoms with Gasteiger partial charge in [-0.1, -0.05) is 26.8 Å². The first kappa shape index (κ1) is 19.6. The number of hydrogen-bond donors (Lipinski definition) is 1. The molecule has 0 heterocycles. The van der Waals surface area contributed by atoms with Crippen LogP contribution in [0.15, 0.2) is 18.2 Å². The van der Waals surface area contributed by atoms with Crippen LogP contribution < -0.4 is 10.1 Å². The minimum atomic E-state index is -0.471. The first-order chi connectivity index (χ1) is 11.5. The number of aryl methyl sites for hydroxylation is 1. The maximum Gasteiger partial charge on any atom is 0.407 e. The van der Waals surface area contributed by atoms with Crippen molar-refractivity contribution in [3.05, 3.63) is 29.3 Å². The van der Waals surface area contributed by atoms with Crippen LogP contribution in [0.1, 0.15) is 65.5 Å². The van der Waals surface area contributed by atoms with Crippen molar-refractivity contribution >= 4 is 6.09 Å². The fraction of sp³-hybridized carbons (Fsp3) is 0.667. The highest BCUT2D eigenvalue weighted by Gasteiger charge is 2.45. The number of amides is 1. The van der Waals surface area contributed by atoms with E-state index in [-0.39, 0.29) is 16.9 Å². The van der Waals surface area contributed by atoms with Gasteiger partial charge in [0.25, 0.3) is 0 Å². The van der Waals surface area contributed by atoms with Gasteiger partial charge >= 0.3 is 6.09 Å². The van der Waals surface area contributed by atoms with E-state index < -0.39 is 5.60 Å². The van der Waals surface area contributed by atoms with E-state index in [2.05, 4.69) is 38.2 Å². The van der Waals surface area contributed by atoms with E-state index >= 15 is 0 Å². The van der Waals surface area contributed by atoms with Crippen LogP contribution in [0.4, 0.5) is 4.79 Å². The van der Waals surface area contributed by atoms with Crippen LogP contribution in [0, 0.1) is 5.41 Å². The number of fused-ring (bicyclic) bond motifs is 1. The second-order valence-corrected chi connectivity index (χ2v) is 8.92. The van der Waals surface area contributed by atoms with Crippen molar-refractivity contribution < 1.29 is 14.3 Å². The average Bonchev–Trinajstić information content (AvgIpc) is 2.49. The number of benzene rings is 1. The highest BCUT2D eigenvalue weighted by Crippen LogP contribution is 2.52. The number of ether oxygens (including phenoxy) is 2. The minimum Gasteiger partial charge on any atom is -0.497 e. The van der Waals surface area contributed by atoms with Crippen LogP contribution in [-0.2, 0) is 16.6 Å². The molecule has 140 valence electrons. The van der Waals surface area contributed by atoms with Gasteiger partial charge in [-0.2, -0.15) is 0 Å². The van der Waals surface area contributed by atoms with Crippen molar-refractivity contribution in [1.82, 2.24) is 5.32 Å². The summed E-state index contributed by atoms with van der Waals surface area (Å²) in [6.45, 7) is 13.2. The van der Waals surface area contributed by atoms with E-state index in [4.69, 9.17) is 9.47 Å². The molecular formula is C21H33NO3. The number of hydrogen-bond acceptors (Lipinski definition) is 3. The molecule has 1 atom stereocenters. The second kappa shape index (κ2) is 6.89. The summed E-state index contributed by atoms with van der Waals surface area (Å²) in [5.74, 6) is 0.910. The van der Waals surface area contributed by atoms with Crippen LogP contribution in [0.3, 0.4) is 0 Å². The highest BCUT2D eigenvalue weighted by molar-refractivity contribution is 5.67. The van der Waals surface area contributed by atoms with Gasteiger partial charge in [0, 0.05) is 6.54 Å². The molecular weight excluding hydrogens is 314 g/mol. The van der Waals surface area contributed by atoms with E-state index in [9.17, 15) is 4.79 Å². The van der Waals surface area contributed by atoms with Gasteiger partial charge in [-0.05, 0) is 74.1 Å². The molecule has 1 aliphatic rings. The Balaban J connectivity index is 2.16. The topological polar surface area (TPSA) is 47.6 Å². The third-order valence-corrected chi connectivity index (χ3v) is 5.71. The minimum absolute atomic E-state index is 0.0120. The van der Waals surface area contributed by atoms with E-state index in [0.29, 0.717) is 6.54 Å². The molecule has 0 saturated heterocycles. The van der Waals surface area contributed by atoms with Crippen molar-refractivity contribution in [1.29, 1.82) is 0 Å². The van der Waals surface area contributed by atoms with E-state index in [1.54, 1.807) is 7.11 Å². The van der Waals surface area contributed by atoms with E-state index in [1.807, 2.05) is 26.8 Å². The van der Waals surface area contributed by atoms with Crippen LogP contribution in [-0.4, -0.2) is 25.3 Å². The molecule has 4 nitrogen and oxygen atoms in total. The average molecular weight is 347 g/mol. The lowest BCUT2D eigenvalue weighted by molar-refractivity contribution is 0.0512. The molecule has 0 spiro atoms. The first-order valence-electron chi connectivity index (χ1n) is 9.13. The van der Waals surface area contributed by atoms with Gasteiger partial charge in [-0.3, -0.25) is 0 Å². The molecule has 1 aromatic rings. The molecule has 1 aliphatic carbocycles. The summed E-state index contributed by atoms with van der Waals surface area (Å²) in [5, 5.41) is 2.92. The predicted octanol–water partition coefficient (Wildman–Crippen LogP) is 4.84. The Labute approximate surface area is 152 Å². The maximum absolute atomic E-state index is 11.9. The Bertz CT molecular complexity index is 631. The normalized spacial score (nSPS) is 22.0. The van der Waals surface area contributed by atoms with Crippen LogP contribution in [0.2, 0.25) is 0 Å². The van der Waals surface area contributed by atoms with Crippen LogP contribution in [0.25, 0.3) is 0 Å². The van der Waals surface area contributed by atoms with Gasteiger partial charge in [-0.15, -0.1) is 0 Å². The van der Waals surface area contributed by atoms with Crippen molar-refractivity contribution in [3.63, 3.8) is 0 Å². The monoisotopic (exact) mass is 347 g/mol. The number of rotatable bonds is 4. The summed E-state index contributed by atoms with van der Waals surface area (Å²) in [5.41, 5.74) is 2.40. The zero-order chi connectivity index (χ0) is 18.9. The molecule has 0 saturated carbocycles. The summed E-state index contributed by atoms with van der Waals surface area (Å²) >= 11 is 0. The van der Waals surface area contributed by atoms with E-state index in [1.165, 1.54) is 11.1 Å². The predicted molar refractivity (Wildman–Crippen MR) is 101 cm³/mol. The molecule has 1 aromatic carbocycles. The lowest BCUT2D eigenvalue weighted by atomic mass is 9.55. The Morgan fingerprint density at radius 3 is 2.52 bits per heavy atom. The third-order valence-electron chi connectivity index (χ3n) is 5.71. The van der Waals surface area contributed by atoms with Gasteiger partial charge in [0.05, 0.1) is 7.11 Å². The molecule has 0 aliphatic heterocycles. The number of methoxy groups -OCH3 is 1. The molecule has 2 rings (SSSR count). The molecule has 4 heteroatoms. The fourth-order valence-corrected chi connectivity index (χ4v) is 3.73. The molecule has 25 heavy (non-hydrogen) atoms. The maximum atomic E-state index is 11.9. The molecule has 0 aromatic heterocycles. The third kappa shape index (κ3) is 4.28. The standard InChI is InChI=1S/C21H33NO3/c1-19(2,3)25-18(23)22-13-12-21(6)17-9-8-16(24-7)14-15(17)10-11-20(21,4)5/h8-9,14H,10-13H2,1-7H3,(H,22,23). The van der Waals surface area contributed by atoms with Gasteiger partial charge in [0.15, 0.2) is 0 Å². The summed E-state index contributed by atoms with van der Waals surface area (Å²) in [4.78, 5) is 11.9. The van der Waals surface area contributed by atoms with Gasteiger partial charge in [0.1, 0.15) is 11.4 Å².